The predicted molar refractivity (Wildman–Crippen MR) is 118 cm³/mol. The van der Waals surface area contributed by atoms with E-state index in [1.54, 1.807) is 31.4 Å². The zero-order valence-corrected chi connectivity index (χ0v) is 17.9. The smallest absolute Gasteiger partial charge is 0.234 e. The second-order valence-electron chi connectivity index (χ2n) is 5.87. The van der Waals surface area contributed by atoms with Crippen LogP contribution in [0.15, 0.2) is 60.3 Å². The summed E-state index contributed by atoms with van der Waals surface area (Å²) in [5.41, 5.74) is 1.36. The van der Waals surface area contributed by atoms with Gasteiger partial charge in [0.25, 0.3) is 0 Å². The van der Waals surface area contributed by atoms with Crippen LogP contribution in [0.25, 0.3) is 11.4 Å². The number of rotatable bonds is 8. The summed E-state index contributed by atoms with van der Waals surface area (Å²) in [6.07, 6.45) is 1.76. The lowest BCUT2D eigenvalue weighted by atomic mass is 10.2. The van der Waals surface area contributed by atoms with Crippen LogP contribution in [0.1, 0.15) is 0 Å². The van der Waals surface area contributed by atoms with Crippen LogP contribution in [0.4, 0.5) is 5.69 Å². The zero-order chi connectivity index (χ0) is 20.8. The molecule has 150 valence electrons. The van der Waals surface area contributed by atoms with Crippen molar-refractivity contribution in [3.63, 3.8) is 0 Å². The van der Waals surface area contributed by atoms with Gasteiger partial charge in [0.05, 0.1) is 28.6 Å². The molecule has 1 amide bonds. The Morgan fingerprint density at radius 2 is 2.00 bits per heavy atom. The molecule has 1 aromatic heterocycles. The maximum atomic E-state index is 12.3. The number of nitrogens with zero attached hydrogens (tertiary/aromatic N) is 3. The molecule has 0 radical (unpaired) electrons. The normalized spacial score (nSPS) is 10.6. The molecule has 2 aromatic carbocycles. The maximum absolute atomic E-state index is 12.3. The summed E-state index contributed by atoms with van der Waals surface area (Å²) in [7, 11) is 1.62. The molecule has 0 aliphatic heterocycles. The number of halogens is 2. The van der Waals surface area contributed by atoms with Gasteiger partial charge in [-0.05, 0) is 36.4 Å². The molecule has 0 unspecified atom stereocenters. The Kier molecular flexibility index (Phi) is 7.19. The Morgan fingerprint density at radius 3 is 2.69 bits per heavy atom. The molecule has 3 aromatic rings. The highest BCUT2D eigenvalue weighted by Gasteiger charge is 2.16. The fourth-order valence-electron chi connectivity index (χ4n) is 2.56. The standard InChI is InChI=1S/C20H18Cl2N4O2S/c1-3-11-26-19(13-7-9-14(28-2)10-8-13)24-25-20(26)29-12-17(27)23-16-6-4-5-15(21)18(16)22/h3-10H,1,11-12H2,2H3,(H,23,27). The molecule has 0 spiro atoms. The Hall–Kier alpha value is -2.48. The largest absolute Gasteiger partial charge is 0.497 e. The first kappa shape index (κ1) is 21.2. The first-order valence-electron chi connectivity index (χ1n) is 8.58. The number of methoxy groups -OCH3 is 1. The minimum atomic E-state index is -0.224. The van der Waals surface area contributed by atoms with E-state index in [0.717, 1.165) is 11.3 Å². The van der Waals surface area contributed by atoms with Crippen molar-refractivity contribution < 1.29 is 9.53 Å². The van der Waals surface area contributed by atoms with Gasteiger partial charge in [0.2, 0.25) is 5.91 Å². The molecule has 0 saturated heterocycles. The quantitative estimate of drug-likeness (QED) is 0.379. The second kappa shape index (κ2) is 9.82. The third-order valence-electron chi connectivity index (χ3n) is 3.93. The van der Waals surface area contributed by atoms with Crippen molar-refractivity contribution in [2.75, 3.05) is 18.2 Å². The molecular weight excluding hydrogens is 431 g/mol. The van der Waals surface area contributed by atoms with E-state index in [1.165, 1.54) is 11.8 Å². The van der Waals surface area contributed by atoms with E-state index in [-0.39, 0.29) is 11.7 Å². The van der Waals surface area contributed by atoms with E-state index in [0.29, 0.717) is 33.3 Å². The van der Waals surface area contributed by atoms with E-state index >= 15 is 0 Å². The molecule has 1 heterocycles. The number of carbonyl (C=O) groups is 1. The van der Waals surface area contributed by atoms with Crippen molar-refractivity contribution in [3.8, 4) is 17.1 Å². The van der Waals surface area contributed by atoms with Crippen LogP contribution in [-0.4, -0.2) is 33.5 Å². The summed E-state index contributed by atoms with van der Waals surface area (Å²) in [6.45, 7) is 4.31. The van der Waals surface area contributed by atoms with Gasteiger partial charge in [-0.2, -0.15) is 0 Å². The third-order valence-corrected chi connectivity index (χ3v) is 5.72. The second-order valence-corrected chi connectivity index (χ2v) is 7.60. The fraction of sp³-hybridized carbons (Fsp3) is 0.150. The van der Waals surface area contributed by atoms with Gasteiger partial charge in [-0.15, -0.1) is 16.8 Å². The van der Waals surface area contributed by atoms with Crippen LogP contribution >= 0.6 is 35.0 Å². The molecule has 9 heteroatoms. The molecule has 3 rings (SSSR count). The number of anilines is 1. The first-order chi connectivity index (χ1) is 14.0. The van der Waals surface area contributed by atoms with Crippen LogP contribution < -0.4 is 10.1 Å². The number of amides is 1. The van der Waals surface area contributed by atoms with Gasteiger partial charge in [0, 0.05) is 12.1 Å². The number of hydrogen-bond donors (Lipinski definition) is 1. The van der Waals surface area contributed by atoms with E-state index in [4.69, 9.17) is 27.9 Å². The molecule has 0 fully saturated rings. The number of hydrogen-bond acceptors (Lipinski definition) is 5. The number of aromatic nitrogens is 3. The lowest BCUT2D eigenvalue weighted by molar-refractivity contribution is -0.113. The highest BCUT2D eigenvalue weighted by Crippen LogP contribution is 2.30. The summed E-state index contributed by atoms with van der Waals surface area (Å²) < 4.78 is 7.09. The van der Waals surface area contributed by atoms with Gasteiger partial charge in [-0.3, -0.25) is 9.36 Å². The molecule has 29 heavy (non-hydrogen) atoms. The van der Waals surface area contributed by atoms with Crippen molar-refractivity contribution in [2.24, 2.45) is 0 Å². The Balaban J connectivity index is 1.73. The van der Waals surface area contributed by atoms with Crippen molar-refractivity contribution in [2.45, 2.75) is 11.7 Å². The van der Waals surface area contributed by atoms with Gasteiger partial charge in [0.15, 0.2) is 11.0 Å². The van der Waals surface area contributed by atoms with Crippen LogP contribution in [0.2, 0.25) is 10.0 Å². The lowest BCUT2D eigenvalue weighted by Gasteiger charge is -2.09. The highest BCUT2D eigenvalue weighted by atomic mass is 35.5. The summed E-state index contributed by atoms with van der Waals surface area (Å²) in [5.74, 6) is 1.36. The number of ether oxygens (including phenoxy) is 1. The minimum absolute atomic E-state index is 0.140. The lowest BCUT2D eigenvalue weighted by Crippen LogP contribution is -2.15. The van der Waals surface area contributed by atoms with Gasteiger partial charge in [-0.25, -0.2) is 0 Å². The summed E-state index contributed by atoms with van der Waals surface area (Å²) >= 11 is 13.4. The Labute approximate surface area is 182 Å². The molecule has 0 bridgehead atoms. The fourth-order valence-corrected chi connectivity index (χ4v) is 3.66. The van der Waals surface area contributed by atoms with Gasteiger partial charge in [-0.1, -0.05) is 47.1 Å². The Morgan fingerprint density at radius 1 is 1.24 bits per heavy atom. The average Bonchev–Trinajstić information content (AvgIpc) is 3.13. The molecule has 6 nitrogen and oxygen atoms in total. The minimum Gasteiger partial charge on any atom is -0.497 e. The molecule has 1 N–H and O–H groups in total. The van der Waals surface area contributed by atoms with Crippen molar-refractivity contribution in [3.05, 3.63) is 65.2 Å². The van der Waals surface area contributed by atoms with E-state index in [1.807, 2.05) is 28.8 Å². The summed E-state index contributed by atoms with van der Waals surface area (Å²) in [5, 5.41) is 12.6. The number of thioether (sulfide) groups is 1. The molecule has 0 saturated carbocycles. The van der Waals surface area contributed by atoms with E-state index < -0.39 is 0 Å². The number of benzene rings is 2. The van der Waals surface area contributed by atoms with Crippen LogP contribution in [0, 0.1) is 0 Å². The van der Waals surface area contributed by atoms with Crippen LogP contribution in [0.5, 0.6) is 5.75 Å². The summed E-state index contributed by atoms with van der Waals surface area (Å²) in [4.78, 5) is 12.3. The third kappa shape index (κ3) is 5.12. The monoisotopic (exact) mass is 448 g/mol. The molecular formula is C20H18Cl2N4O2S. The summed E-state index contributed by atoms with van der Waals surface area (Å²) in [6, 6.07) is 12.6. The highest BCUT2D eigenvalue weighted by molar-refractivity contribution is 7.99. The van der Waals surface area contributed by atoms with Crippen molar-refractivity contribution in [1.82, 2.24) is 14.8 Å². The number of nitrogens with one attached hydrogen (secondary N) is 1. The zero-order valence-electron chi connectivity index (χ0n) is 15.6. The van der Waals surface area contributed by atoms with E-state index in [9.17, 15) is 4.79 Å². The predicted octanol–water partition coefficient (Wildman–Crippen LogP) is 5.18. The number of carbonyl (C=O) groups excluding carboxylic acids is 1. The van der Waals surface area contributed by atoms with Crippen molar-refractivity contribution in [1.29, 1.82) is 0 Å². The first-order valence-corrected chi connectivity index (χ1v) is 10.3. The van der Waals surface area contributed by atoms with Gasteiger partial charge in [0.1, 0.15) is 5.75 Å². The topological polar surface area (TPSA) is 69.0 Å². The van der Waals surface area contributed by atoms with E-state index in [2.05, 4.69) is 22.1 Å². The average molecular weight is 449 g/mol. The van der Waals surface area contributed by atoms with Crippen molar-refractivity contribution >= 4 is 46.6 Å². The Bertz CT molecular complexity index is 1020. The SMILES string of the molecule is C=CCn1c(SCC(=O)Nc2cccc(Cl)c2Cl)nnc1-c1ccc(OC)cc1. The maximum Gasteiger partial charge on any atom is 0.234 e. The van der Waals surface area contributed by atoms with Crippen LogP contribution in [-0.2, 0) is 11.3 Å². The molecule has 0 aliphatic rings. The van der Waals surface area contributed by atoms with Gasteiger partial charge < -0.3 is 10.1 Å². The molecule has 0 aliphatic carbocycles. The molecule has 0 atom stereocenters. The number of allylic oxidation sites excluding steroid dienone is 1. The van der Waals surface area contributed by atoms with Crippen LogP contribution in [0.3, 0.4) is 0 Å². The van der Waals surface area contributed by atoms with Gasteiger partial charge >= 0.3 is 0 Å².